The third-order valence-electron chi connectivity index (χ3n) is 5.98. The summed E-state index contributed by atoms with van der Waals surface area (Å²) < 4.78 is 34.7. The quantitative estimate of drug-likeness (QED) is 0.519. The second-order valence-corrected chi connectivity index (χ2v) is 10.2. The van der Waals surface area contributed by atoms with Crippen LogP contribution in [-0.2, 0) is 16.6 Å². The number of para-hydroxylation sites is 2. The third kappa shape index (κ3) is 5.08. The molecule has 8 heteroatoms. The van der Waals surface area contributed by atoms with E-state index in [4.69, 9.17) is 4.74 Å². The van der Waals surface area contributed by atoms with Crippen LogP contribution in [0.15, 0.2) is 83.8 Å². The summed E-state index contributed by atoms with van der Waals surface area (Å²) in [6.07, 6.45) is 0. The monoisotopic (exact) mass is 479 g/mol. The van der Waals surface area contributed by atoms with Crippen LogP contribution >= 0.6 is 0 Å². The smallest absolute Gasteiger partial charge is 0.264 e. The molecular weight excluding hydrogens is 450 g/mol. The Balaban J connectivity index is 1.72. The zero-order valence-corrected chi connectivity index (χ0v) is 20.2. The van der Waals surface area contributed by atoms with Crippen LogP contribution in [0.1, 0.15) is 15.9 Å². The predicted octanol–water partition coefficient (Wildman–Crippen LogP) is 3.48. The molecule has 7 nitrogen and oxygen atoms in total. The molecule has 0 bridgehead atoms. The van der Waals surface area contributed by atoms with Crippen LogP contribution in [0.2, 0.25) is 0 Å². The minimum atomic E-state index is -4.01. The summed E-state index contributed by atoms with van der Waals surface area (Å²) in [4.78, 5) is 17.1. The molecule has 3 aromatic carbocycles. The van der Waals surface area contributed by atoms with Crippen molar-refractivity contribution in [1.29, 1.82) is 0 Å². The van der Waals surface area contributed by atoms with Gasteiger partial charge in [0.2, 0.25) is 0 Å². The van der Waals surface area contributed by atoms with Crippen LogP contribution in [0.4, 0.5) is 5.69 Å². The van der Waals surface area contributed by atoms with E-state index in [2.05, 4.69) is 4.90 Å². The molecule has 1 fully saturated rings. The van der Waals surface area contributed by atoms with Gasteiger partial charge >= 0.3 is 0 Å². The van der Waals surface area contributed by atoms with E-state index < -0.39 is 10.0 Å². The molecule has 1 aliphatic rings. The Hall–Kier alpha value is -3.36. The van der Waals surface area contributed by atoms with Gasteiger partial charge in [0.05, 0.1) is 24.2 Å². The van der Waals surface area contributed by atoms with Crippen molar-refractivity contribution in [1.82, 2.24) is 9.80 Å². The van der Waals surface area contributed by atoms with E-state index in [1.165, 1.54) is 23.5 Å². The van der Waals surface area contributed by atoms with Crippen molar-refractivity contribution in [2.75, 3.05) is 44.6 Å². The lowest BCUT2D eigenvalue weighted by atomic mass is 10.2. The van der Waals surface area contributed by atoms with Crippen LogP contribution in [0.3, 0.4) is 0 Å². The molecule has 0 atom stereocenters. The van der Waals surface area contributed by atoms with Gasteiger partial charge in [-0.2, -0.15) is 0 Å². The third-order valence-corrected chi connectivity index (χ3v) is 7.74. The second kappa shape index (κ2) is 10.3. The van der Waals surface area contributed by atoms with Crippen LogP contribution in [0.5, 0.6) is 5.75 Å². The number of hydrogen-bond acceptors (Lipinski definition) is 5. The number of ether oxygens (including phenoxy) is 1. The first-order chi connectivity index (χ1) is 16.4. The van der Waals surface area contributed by atoms with Gasteiger partial charge in [-0.15, -0.1) is 0 Å². The number of amides is 1. The van der Waals surface area contributed by atoms with Crippen LogP contribution in [0, 0.1) is 0 Å². The van der Waals surface area contributed by atoms with E-state index in [0.717, 1.165) is 18.7 Å². The number of carbonyl (C=O) groups is 1. The Kier molecular flexibility index (Phi) is 7.19. The summed E-state index contributed by atoms with van der Waals surface area (Å²) in [7, 11) is -0.469. The molecule has 4 rings (SSSR count). The standard InChI is InChI=1S/C26H29N3O4S/c1-27-15-17-28(18-16-27)26(30)22-11-8-12-23(19-22)34(31,32)29(20-21-9-4-3-5-10-21)24-13-6-7-14-25(24)33-2/h3-14,19H,15-18,20H2,1-2H3. The van der Waals surface area contributed by atoms with E-state index in [1.807, 2.05) is 37.4 Å². The lowest BCUT2D eigenvalue weighted by Gasteiger charge is -2.32. The molecule has 0 radical (unpaired) electrons. The number of hydrogen-bond donors (Lipinski definition) is 0. The number of sulfonamides is 1. The molecule has 1 saturated heterocycles. The van der Waals surface area contributed by atoms with E-state index in [-0.39, 0.29) is 17.3 Å². The highest BCUT2D eigenvalue weighted by atomic mass is 32.2. The van der Waals surface area contributed by atoms with E-state index in [0.29, 0.717) is 30.1 Å². The van der Waals surface area contributed by atoms with Gasteiger partial charge in [0.1, 0.15) is 5.75 Å². The highest BCUT2D eigenvalue weighted by Gasteiger charge is 2.29. The fourth-order valence-corrected chi connectivity index (χ4v) is 5.50. The van der Waals surface area contributed by atoms with Gasteiger partial charge in [-0.05, 0) is 42.9 Å². The molecule has 34 heavy (non-hydrogen) atoms. The van der Waals surface area contributed by atoms with Crippen molar-refractivity contribution in [2.45, 2.75) is 11.4 Å². The minimum absolute atomic E-state index is 0.0642. The highest BCUT2D eigenvalue weighted by molar-refractivity contribution is 7.92. The van der Waals surface area contributed by atoms with Gasteiger partial charge in [0.25, 0.3) is 15.9 Å². The van der Waals surface area contributed by atoms with Crippen LogP contribution < -0.4 is 9.04 Å². The summed E-state index contributed by atoms with van der Waals surface area (Å²) >= 11 is 0. The van der Waals surface area contributed by atoms with Crippen molar-refractivity contribution in [2.24, 2.45) is 0 Å². The maximum absolute atomic E-state index is 13.9. The van der Waals surface area contributed by atoms with Crippen molar-refractivity contribution in [3.8, 4) is 5.75 Å². The maximum atomic E-state index is 13.9. The number of anilines is 1. The number of rotatable bonds is 7. The zero-order valence-electron chi connectivity index (χ0n) is 19.4. The molecule has 1 heterocycles. The Morgan fingerprint density at radius 3 is 2.29 bits per heavy atom. The minimum Gasteiger partial charge on any atom is -0.495 e. The van der Waals surface area contributed by atoms with Crippen molar-refractivity contribution < 1.29 is 17.9 Å². The molecule has 0 aliphatic carbocycles. The maximum Gasteiger partial charge on any atom is 0.264 e. The van der Waals surface area contributed by atoms with Crippen LogP contribution in [0.25, 0.3) is 0 Å². The molecule has 3 aromatic rings. The molecule has 178 valence electrons. The first-order valence-electron chi connectivity index (χ1n) is 11.2. The van der Waals surface area contributed by atoms with Gasteiger partial charge in [0, 0.05) is 31.7 Å². The topological polar surface area (TPSA) is 70.2 Å². The normalized spacial score (nSPS) is 14.6. The van der Waals surface area contributed by atoms with Gasteiger partial charge < -0.3 is 14.5 Å². The number of nitrogens with zero attached hydrogens (tertiary/aromatic N) is 3. The van der Waals surface area contributed by atoms with Gasteiger partial charge in [0.15, 0.2) is 0 Å². The van der Waals surface area contributed by atoms with Crippen LogP contribution in [-0.4, -0.2) is 64.5 Å². The summed E-state index contributed by atoms with van der Waals surface area (Å²) in [5.74, 6) is 0.295. The lowest BCUT2D eigenvalue weighted by molar-refractivity contribution is 0.0664. The average Bonchev–Trinajstić information content (AvgIpc) is 2.88. The molecule has 0 saturated carbocycles. The highest BCUT2D eigenvalue weighted by Crippen LogP contribution is 2.34. The van der Waals surface area contributed by atoms with Crippen molar-refractivity contribution >= 4 is 21.6 Å². The summed E-state index contributed by atoms with van der Waals surface area (Å²) in [6, 6.07) is 22.7. The second-order valence-electron chi connectivity index (χ2n) is 8.29. The Morgan fingerprint density at radius 1 is 0.912 bits per heavy atom. The van der Waals surface area contributed by atoms with E-state index >= 15 is 0 Å². The number of likely N-dealkylation sites (N-methyl/N-ethyl adjacent to an activating group) is 1. The molecule has 1 aliphatic heterocycles. The largest absolute Gasteiger partial charge is 0.495 e. The fraction of sp³-hybridized carbons (Fsp3) is 0.269. The van der Waals surface area contributed by atoms with Gasteiger partial charge in [-0.25, -0.2) is 8.42 Å². The Bertz CT molecular complexity index is 1240. The van der Waals surface area contributed by atoms with Gasteiger partial charge in [-0.3, -0.25) is 9.10 Å². The molecule has 0 N–H and O–H groups in total. The summed E-state index contributed by atoms with van der Waals surface area (Å²) in [6.45, 7) is 2.95. The number of methoxy groups -OCH3 is 1. The molecule has 1 amide bonds. The molecule has 0 aromatic heterocycles. The fourth-order valence-electron chi connectivity index (χ4n) is 3.99. The zero-order chi connectivity index (χ0) is 24.1. The van der Waals surface area contributed by atoms with E-state index in [1.54, 1.807) is 41.3 Å². The predicted molar refractivity (Wildman–Crippen MR) is 133 cm³/mol. The van der Waals surface area contributed by atoms with Crippen molar-refractivity contribution in [3.05, 3.63) is 90.0 Å². The number of benzene rings is 3. The lowest BCUT2D eigenvalue weighted by Crippen LogP contribution is -2.47. The molecular formula is C26H29N3O4S. The summed E-state index contributed by atoms with van der Waals surface area (Å²) in [5.41, 5.74) is 1.64. The Labute approximate surface area is 201 Å². The van der Waals surface area contributed by atoms with Gasteiger partial charge in [-0.1, -0.05) is 48.5 Å². The molecule has 0 unspecified atom stereocenters. The molecule has 0 spiro atoms. The number of piperazine rings is 1. The first-order valence-corrected chi connectivity index (χ1v) is 12.6. The SMILES string of the molecule is COc1ccccc1N(Cc1ccccc1)S(=O)(=O)c1cccc(C(=O)N2CCN(C)CC2)c1. The van der Waals surface area contributed by atoms with Crippen molar-refractivity contribution in [3.63, 3.8) is 0 Å². The van der Waals surface area contributed by atoms with E-state index in [9.17, 15) is 13.2 Å². The Morgan fingerprint density at radius 2 is 1.59 bits per heavy atom. The first kappa shape index (κ1) is 23.8. The average molecular weight is 480 g/mol. The number of carbonyl (C=O) groups excluding carboxylic acids is 1. The summed E-state index contributed by atoms with van der Waals surface area (Å²) in [5, 5.41) is 0.